The summed E-state index contributed by atoms with van der Waals surface area (Å²) in [4.78, 5) is 0. The molecular formula is C16H22ClN3. The molecule has 3 nitrogen and oxygen atoms in total. The van der Waals surface area contributed by atoms with Gasteiger partial charge in [0.15, 0.2) is 0 Å². The molecule has 2 aromatic rings. The van der Waals surface area contributed by atoms with Crippen molar-refractivity contribution >= 4 is 11.6 Å². The molecule has 1 aromatic carbocycles. The molecule has 0 fully saturated rings. The second-order valence-electron chi connectivity index (χ2n) is 5.20. The fourth-order valence-corrected chi connectivity index (χ4v) is 2.60. The van der Waals surface area contributed by atoms with E-state index in [2.05, 4.69) is 55.5 Å². The van der Waals surface area contributed by atoms with Gasteiger partial charge in [-0.25, -0.2) is 0 Å². The predicted octanol–water partition coefficient (Wildman–Crippen LogP) is 3.80. The van der Waals surface area contributed by atoms with Crippen LogP contribution in [0.2, 0.25) is 5.02 Å². The van der Waals surface area contributed by atoms with E-state index in [-0.39, 0.29) is 6.04 Å². The molecule has 0 bridgehead atoms. The van der Waals surface area contributed by atoms with Gasteiger partial charge < -0.3 is 5.32 Å². The second-order valence-corrected chi connectivity index (χ2v) is 5.58. The molecule has 2 rings (SSSR count). The maximum Gasteiger partial charge on any atom is 0.0863 e. The lowest BCUT2D eigenvalue weighted by Crippen LogP contribution is -2.20. The van der Waals surface area contributed by atoms with E-state index in [0.29, 0.717) is 0 Å². The SMILES string of the molecule is CCc1nn(C)c(CNC(C)c2ccc(C)cc2)c1Cl. The number of halogens is 1. The zero-order chi connectivity index (χ0) is 14.7. The third-order valence-electron chi connectivity index (χ3n) is 3.66. The highest BCUT2D eigenvalue weighted by Gasteiger charge is 2.14. The molecule has 1 N–H and O–H groups in total. The quantitative estimate of drug-likeness (QED) is 0.908. The lowest BCUT2D eigenvalue weighted by atomic mass is 10.1. The zero-order valence-corrected chi connectivity index (χ0v) is 13.3. The van der Waals surface area contributed by atoms with Crippen LogP contribution < -0.4 is 5.32 Å². The number of benzene rings is 1. The van der Waals surface area contributed by atoms with E-state index in [1.165, 1.54) is 11.1 Å². The van der Waals surface area contributed by atoms with E-state index in [1.807, 2.05) is 11.7 Å². The van der Waals surface area contributed by atoms with Crippen LogP contribution in [0.5, 0.6) is 0 Å². The Morgan fingerprint density at radius 3 is 2.50 bits per heavy atom. The van der Waals surface area contributed by atoms with Gasteiger partial charge in [-0.1, -0.05) is 48.4 Å². The third-order valence-corrected chi connectivity index (χ3v) is 4.09. The molecule has 1 atom stereocenters. The lowest BCUT2D eigenvalue weighted by Gasteiger charge is -2.15. The summed E-state index contributed by atoms with van der Waals surface area (Å²) >= 11 is 6.36. The van der Waals surface area contributed by atoms with E-state index in [1.54, 1.807) is 0 Å². The van der Waals surface area contributed by atoms with Crippen LogP contribution in [0.25, 0.3) is 0 Å². The largest absolute Gasteiger partial charge is 0.305 e. The minimum atomic E-state index is 0.284. The maximum atomic E-state index is 6.36. The van der Waals surface area contributed by atoms with Crippen molar-refractivity contribution < 1.29 is 0 Å². The molecule has 4 heteroatoms. The number of hydrogen-bond acceptors (Lipinski definition) is 2. The number of aromatic nitrogens is 2. The van der Waals surface area contributed by atoms with Crippen molar-refractivity contribution in [2.24, 2.45) is 7.05 Å². The minimum Gasteiger partial charge on any atom is -0.305 e. The number of nitrogens with zero attached hydrogens (tertiary/aromatic N) is 2. The van der Waals surface area contributed by atoms with Crippen molar-refractivity contribution in [3.05, 3.63) is 51.8 Å². The normalized spacial score (nSPS) is 12.7. The first-order valence-corrected chi connectivity index (χ1v) is 7.41. The molecular weight excluding hydrogens is 270 g/mol. The van der Waals surface area contributed by atoms with Gasteiger partial charge in [0.2, 0.25) is 0 Å². The topological polar surface area (TPSA) is 29.9 Å². The van der Waals surface area contributed by atoms with Gasteiger partial charge in [0.1, 0.15) is 0 Å². The van der Waals surface area contributed by atoms with Crippen LogP contribution >= 0.6 is 11.6 Å². The Hall–Kier alpha value is -1.32. The molecule has 0 aliphatic heterocycles. The van der Waals surface area contributed by atoms with Crippen molar-refractivity contribution in [3.63, 3.8) is 0 Å². The van der Waals surface area contributed by atoms with Crippen molar-refractivity contribution in [2.75, 3.05) is 0 Å². The Labute approximate surface area is 126 Å². The molecule has 0 radical (unpaired) electrons. The Morgan fingerprint density at radius 2 is 1.95 bits per heavy atom. The molecule has 1 aromatic heterocycles. The Bertz CT molecular complexity index is 572. The van der Waals surface area contributed by atoms with Crippen LogP contribution in [0.4, 0.5) is 0 Å². The van der Waals surface area contributed by atoms with Gasteiger partial charge in [-0.15, -0.1) is 0 Å². The van der Waals surface area contributed by atoms with Gasteiger partial charge >= 0.3 is 0 Å². The molecule has 0 saturated heterocycles. The molecule has 20 heavy (non-hydrogen) atoms. The van der Waals surface area contributed by atoms with Gasteiger partial charge in [0, 0.05) is 19.6 Å². The van der Waals surface area contributed by atoms with Gasteiger partial charge in [0.05, 0.1) is 16.4 Å². The number of aryl methyl sites for hydroxylation is 3. The summed E-state index contributed by atoms with van der Waals surface area (Å²) in [5.74, 6) is 0. The second kappa shape index (κ2) is 6.42. The summed E-state index contributed by atoms with van der Waals surface area (Å²) in [6.07, 6.45) is 0.861. The Morgan fingerprint density at radius 1 is 1.30 bits per heavy atom. The Kier molecular flexibility index (Phi) is 4.84. The van der Waals surface area contributed by atoms with Crippen LogP contribution in [-0.4, -0.2) is 9.78 Å². The summed E-state index contributed by atoms with van der Waals surface area (Å²) in [7, 11) is 1.94. The number of hydrogen-bond donors (Lipinski definition) is 1. The Balaban J connectivity index is 2.05. The molecule has 1 heterocycles. The van der Waals surface area contributed by atoms with Crippen molar-refractivity contribution in [2.45, 2.75) is 39.8 Å². The first-order valence-electron chi connectivity index (χ1n) is 7.03. The number of rotatable bonds is 5. The van der Waals surface area contributed by atoms with Gasteiger partial charge in [-0.2, -0.15) is 5.10 Å². The summed E-state index contributed by atoms with van der Waals surface area (Å²) in [6, 6.07) is 8.89. The van der Waals surface area contributed by atoms with E-state index in [4.69, 9.17) is 11.6 Å². The van der Waals surface area contributed by atoms with Crippen LogP contribution in [0.3, 0.4) is 0 Å². The van der Waals surface area contributed by atoms with Gasteiger partial charge in [-0.05, 0) is 25.8 Å². The highest BCUT2D eigenvalue weighted by atomic mass is 35.5. The average molecular weight is 292 g/mol. The van der Waals surface area contributed by atoms with Crippen molar-refractivity contribution in [1.29, 1.82) is 0 Å². The molecule has 0 amide bonds. The molecule has 0 aliphatic rings. The van der Waals surface area contributed by atoms with Gasteiger partial charge in [-0.3, -0.25) is 4.68 Å². The molecule has 0 saturated carbocycles. The average Bonchev–Trinajstić information content (AvgIpc) is 2.71. The van der Waals surface area contributed by atoms with E-state index in [0.717, 1.165) is 29.4 Å². The first-order chi connectivity index (χ1) is 9.52. The number of nitrogens with one attached hydrogen (secondary N) is 1. The van der Waals surface area contributed by atoms with Crippen LogP contribution in [0, 0.1) is 6.92 Å². The van der Waals surface area contributed by atoms with Crippen LogP contribution in [0.15, 0.2) is 24.3 Å². The van der Waals surface area contributed by atoms with Gasteiger partial charge in [0.25, 0.3) is 0 Å². The summed E-state index contributed by atoms with van der Waals surface area (Å²) in [5, 5.41) is 8.73. The van der Waals surface area contributed by atoms with Crippen LogP contribution in [0.1, 0.15) is 42.4 Å². The maximum absolute atomic E-state index is 6.36. The fraction of sp³-hybridized carbons (Fsp3) is 0.438. The minimum absolute atomic E-state index is 0.284. The van der Waals surface area contributed by atoms with Crippen LogP contribution in [-0.2, 0) is 20.0 Å². The highest BCUT2D eigenvalue weighted by Crippen LogP contribution is 2.22. The molecule has 1 unspecified atom stereocenters. The van der Waals surface area contributed by atoms with Crippen molar-refractivity contribution in [3.8, 4) is 0 Å². The third kappa shape index (κ3) is 3.22. The predicted molar refractivity (Wildman–Crippen MR) is 84.0 cm³/mol. The molecule has 0 aliphatic carbocycles. The van der Waals surface area contributed by atoms with E-state index < -0.39 is 0 Å². The zero-order valence-electron chi connectivity index (χ0n) is 12.6. The molecule has 0 spiro atoms. The lowest BCUT2D eigenvalue weighted by molar-refractivity contribution is 0.548. The van der Waals surface area contributed by atoms with E-state index >= 15 is 0 Å². The standard InChI is InChI=1S/C16H22ClN3/c1-5-14-16(17)15(20(4)19-14)10-18-12(3)13-8-6-11(2)7-9-13/h6-9,12,18H,5,10H2,1-4H3. The fourth-order valence-electron chi connectivity index (χ4n) is 2.23. The molecule has 108 valence electrons. The highest BCUT2D eigenvalue weighted by molar-refractivity contribution is 6.31. The van der Waals surface area contributed by atoms with Crippen molar-refractivity contribution in [1.82, 2.24) is 15.1 Å². The monoisotopic (exact) mass is 291 g/mol. The summed E-state index contributed by atoms with van der Waals surface area (Å²) in [5.41, 5.74) is 4.57. The summed E-state index contributed by atoms with van der Waals surface area (Å²) in [6.45, 7) is 7.05. The smallest absolute Gasteiger partial charge is 0.0863 e. The van der Waals surface area contributed by atoms with E-state index in [9.17, 15) is 0 Å². The first kappa shape index (κ1) is 15.1. The summed E-state index contributed by atoms with van der Waals surface area (Å²) < 4.78 is 1.87.